The molecule has 0 radical (unpaired) electrons. The van der Waals surface area contributed by atoms with Crippen LogP contribution in [-0.2, 0) is 10.0 Å². The zero-order chi connectivity index (χ0) is 15.7. The fourth-order valence-electron chi connectivity index (χ4n) is 2.12. The number of hydrogen-bond acceptors (Lipinski definition) is 3. The summed E-state index contributed by atoms with van der Waals surface area (Å²) in [5.41, 5.74) is 6.79. The van der Waals surface area contributed by atoms with Crippen LogP contribution in [0.3, 0.4) is 0 Å². The number of anilines is 1. The van der Waals surface area contributed by atoms with Gasteiger partial charge in [-0.15, -0.1) is 0 Å². The van der Waals surface area contributed by atoms with Crippen LogP contribution in [0.4, 0.5) is 18.9 Å². The second-order valence-electron chi connectivity index (χ2n) is 4.83. The van der Waals surface area contributed by atoms with Crippen molar-refractivity contribution in [2.45, 2.75) is 44.3 Å². The summed E-state index contributed by atoms with van der Waals surface area (Å²) in [5.74, 6) is 0. The fraction of sp³-hybridized carbons (Fsp3) is 0.500. The molecule has 0 spiro atoms. The number of alkyl halides is 3. The molecular weight excluding hydrogens is 293 g/mol. The minimum absolute atomic E-state index is 0.0271. The maximum atomic E-state index is 12.2. The molecule has 0 aliphatic rings. The first-order valence-corrected chi connectivity index (χ1v) is 7.36. The number of benzene rings is 1. The summed E-state index contributed by atoms with van der Waals surface area (Å²) in [6.45, 7) is 4.27. The topological polar surface area (TPSA) is 72.2 Å². The lowest BCUT2D eigenvalue weighted by molar-refractivity contribution is -0.137. The van der Waals surface area contributed by atoms with Crippen LogP contribution >= 0.6 is 0 Å². The Morgan fingerprint density at radius 2 is 1.70 bits per heavy atom. The van der Waals surface area contributed by atoms with Gasteiger partial charge in [0, 0.05) is 11.7 Å². The molecule has 0 amide bonds. The first kappa shape index (κ1) is 16.8. The summed E-state index contributed by atoms with van der Waals surface area (Å²) in [5, 5.41) is 0. The van der Waals surface area contributed by atoms with Crippen LogP contribution in [0, 0.1) is 13.8 Å². The Kier molecular flexibility index (Phi) is 4.70. The molecule has 0 aromatic heterocycles. The molecule has 0 saturated carbocycles. The van der Waals surface area contributed by atoms with Gasteiger partial charge in [-0.2, -0.15) is 13.2 Å². The number of sulfonamides is 1. The molecule has 4 nitrogen and oxygen atoms in total. The lowest BCUT2D eigenvalue weighted by Gasteiger charge is -2.18. The Bertz CT molecular complexity index is 574. The number of aryl methyl sites for hydroxylation is 2. The monoisotopic (exact) mass is 310 g/mol. The largest absolute Gasteiger partial charge is 0.399 e. The van der Waals surface area contributed by atoms with E-state index in [9.17, 15) is 21.6 Å². The Morgan fingerprint density at radius 1 is 1.25 bits per heavy atom. The van der Waals surface area contributed by atoms with Gasteiger partial charge in [0.15, 0.2) is 0 Å². The van der Waals surface area contributed by atoms with Gasteiger partial charge in [0.2, 0.25) is 10.0 Å². The molecule has 0 aliphatic heterocycles. The van der Waals surface area contributed by atoms with E-state index >= 15 is 0 Å². The Morgan fingerprint density at radius 3 is 2.10 bits per heavy atom. The molecule has 1 unspecified atom stereocenters. The summed E-state index contributed by atoms with van der Waals surface area (Å²) >= 11 is 0. The van der Waals surface area contributed by atoms with Crippen molar-refractivity contribution < 1.29 is 21.6 Å². The standard InChI is InChI=1S/C12H17F3N2O2S/c1-7-4-10(16)5-8(2)11(7)20(18,19)17-9(3)6-12(13,14)15/h4-5,9,17H,6,16H2,1-3H3. The molecule has 0 fully saturated rings. The Labute approximate surface area is 116 Å². The Balaban J connectivity index is 3.07. The van der Waals surface area contributed by atoms with Crippen molar-refractivity contribution >= 4 is 15.7 Å². The van der Waals surface area contributed by atoms with Crippen molar-refractivity contribution in [1.29, 1.82) is 0 Å². The summed E-state index contributed by atoms with van der Waals surface area (Å²) in [4.78, 5) is -0.0271. The summed E-state index contributed by atoms with van der Waals surface area (Å²) < 4.78 is 63.1. The van der Waals surface area contributed by atoms with Crippen molar-refractivity contribution in [3.63, 3.8) is 0 Å². The summed E-state index contributed by atoms with van der Waals surface area (Å²) in [6.07, 6.45) is -5.65. The number of nitrogen functional groups attached to an aromatic ring is 1. The van der Waals surface area contributed by atoms with E-state index < -0.39 is 28.7 Å². The lowest BCUT2D eigenvalue weighted by Crippen LogP contribution is -2.36. The van der Waals surface area contributed by atoms with Crippen LogP contribution in [0.5, 0.6) is 0 Å². The van der Waals surface area contributed by atoms with Crippen molar-refractivity contribution in [2.24, 2.45) is 0 Å². The Hall–Kier alpha value is -1.28. The number of nitrogens with two attached hydrogens (primary N) is 1. The predicted molar refractivity (Wildman–Crippen MR) is 70.8 cm³/mol. The number of hydrogen-bond donors (Lipinski definition) is 2. The van der Waals surface area contributed by atoms with Gasteiger partial charge < -0.3 is 5.73 Å². The SMILES string of the molecule is Cc1cc(N)cc(C)c1S(=O)(=O)NC(C)CC(F)(F)F. The van der Waals surface area contributed by atoms with E-state index in [-0.39, 0.29) is 4.90 Å². The molecule has 0 heterocycles. The highest BCUT2D eigenvalue weighted by atomic mass is 32.2. The smallest absolute Gasteiger partial charge is 0.390 e. The lowest BCUT2D eigenvalue weighted by atomic mass is 10.1. The third-order valence-corrected chi connectivity index (χ3v) is 4.54. The molecule has 0 aliphatic carbocycles. The fourth-order valence-corrected chi connectivity index (χ4v) is 3.82. The highest BCUT2D eigenvalue weighted by Gasteiger charge is 2.32. The summed E-state index contributed by atoms with van der Waals surface area (Å²) in [6, 6.07) is 1.70. The minimum Gasteiger partial charge on any atom is -0.399 e. The summed E-state index contributed by atoms with van der Waals surface area (Å²) in [7, 11) is -4.02. The van der Waals surface area contributed by atoms with Gasteiger partial charge in [0.1, 0.15) is 0 Å². The zero-order valence-corrected chi connectivity index (χ0v) is 12.2. The molecule has 8 heteroatoms. The average Bonchev–Trinajstić information content (AvgIpc) is 2.08. The van der Waals surface area contributed by atoms with E-state index in [0.29, 0.717) is 16.8 Å². The van der Waals surface area contributed by atoms with Gasteiger partial charge >= 0.3 is 6.18 Å². The van der Waals surface area contributed by atoms with E-state index in [1.54, 1.807) is 13.8 Å². The van der Waals surface area contributed by atoms with Crippen molar-refractivity contribution in [3.05, 3.63) is 23.3 Å². The minimum atomic E-state index is -4.42. The molecule has 3 N–H and O–H groups in total. The van der Waals surface area contributed by atoms with Gasteiger partial charge in [-0.25, -0.2) is 13.1 Å². The van der Waals surface area contributed by atoms with Crippen LogP contribution < -0.4 is 10.5 Å². The first-order chi connectivity index (χ1) is 8.92. The van der Waals surface area contributed by atoms with E-state index in [1.165, 1.54) is 19.1 Å². The van der Waals surface area contributed by atoms with Gasteiger partial charge in [-0.1, -0.05) is 0 Å². The second kappa shape index (κ2) is 5.61. The molecule has 114 valence electrons. The molecule has 1 aromatic carbocycles. The quantitative estimate of drug-likeness (QED) is 0.839. The van der Waals surface area contributed by atoms with E-state index in [2.05, 4.69) is 0 Å². The third-order valence-electron chi connectivity index (χ3n) is 2.65. The van der Waals surface area contributed by atoms with Gasteiger partial charge in [-0.05, 0) is 44.0 Å². The van der Waals surface area contributed by atoms with Crippen molar-refractivity contribution in [2.75, 3.05) is 5.73 Å². The molecule has 1 atom stereocenters. The first-order valence-electron chi connectivity index (χ1n) is 5.88. The van der Waals surface area contributed by atoms with Crippen LogP contribution in [0.2, 0.25) is 0 Å². The molecule has 20 heavy (non-hydrogen) atoms. The third kappa shape index (κ3) is 4.38. The maximum absolute atomic E-state index is 12.2. The molecule has 0 bridgehead atoms. The number of halogens is 3. The predicted octanol–water partition coefficient (Wildman–Crippen LogP) is 2.50. The number of nitrogens with one attached hydrogen (secondary N) is 1. The zero-order valence-electron chi connectivity index (χ0n) is 11.4. The highest BCUT2D eigenvalue weighted by molar-refractivity contribution is 7.89. The second-order valence-corrected chi connectivity index (χ2v) is 6.48. The maximum Gasteiger partial charge on any atom is 0.390 e. The van der Waals surface area contributed by atoms with Gasteiger partial charge in [0.25, 0.3) is 0 Å². The number of rotatable bonds is 4. The van der Waals surface area contributed by atoms with Gasteiger partial charge in [-0.3, -0.25) is 0 Å². The van der Waals surface area contributed by atoms with Crippen LogP contribution in [0.25, 0.3) is 0 Å². The van der Waals surface area contributed by atoms with Crippen LogP contribution in [-0.4, -0.2) is 20.6 Å². The van der Waals surface area contributed by atoms with Crippen LogP contribution in [0.15, 0.2) is 17.0 Å². The average molecular weight is 310 g/mol. The van der Waals surface area contributed by atoms with E-state index in [0.717, 1.165) is 0 Å². The van der Waals surface area contributed by atoms with Gasteiger partial charge in [0.05, 0.1) is 11.3 Å². The van der Waals surface area contributed by atoms with Crippen molar-refractivity contribution in [1.82, 2.24) is 4.72 Å². The normalized spacial score (nSPS) is 14.3. The van der Waals surface area contributed by atoms with E-state index in [4.69, 9.17) is 5.73 Å². The molecule has 1 aromatic rings. The molecular formula is C12H17F3N2O2S. The van der Waals surface area contributed by atoms with E-state index in [1.807, 2.05) is 4.72 Å². The van der Waals surface area contributed by atoms with Crippen molar-refractivity contribution in [3.8, 4) is 0 Å². The molecule has 0 saturated heterocycles. The highest BCUT2D eigenvalue weighted by Crippen LogP contribution is 2.25. The van der Waals surface area contributed by atoms with Crippen LogP contribution in [0.1, 0.15) is 24.5 Å². The molecule has 1 rings (SSSR count).